The number of amidine groups is 1. The summed E-state index contributed by atoms with van der Waals surface area (Å²) in [6, 6.07) is 7.63. The van der Waals surface area contributed by atoms with Gasteiger partial charge < -0.3 is 9.47 Å². The van der Waals surface area contributed by atoms with Crippen LogP contribution in [0, 0.1) is 6.92 Å². The van der Waals surface area contributed by atoms with Crippen LogP contribution in [0.2, 0.25) is 0 Å². The molecule has 0 saturated heterocycles. The molecule has 0 aliphatic heterocycles. The second-order valence-electron chi connectivity index (χ2n) is 4.29. The first-order valence-electron chi connectivity index (χ1n) is 6.71. The van der Waals surface area contributed by atoms with Gasteiger partial charge in [0.05, 0.1) is 6.61 Å². The number of rotatable bonds is 6. The van der Waals surface area contributed by atoms with E-state index in [2.05, 4.69) is 10.3 Å². The summed E-state index contributed by atoms with van der Waals surface area (Å²) in [5, 5.41) is 2.69. The van der Waals surface area contributed by atoms with Crippen molar-refractivity contribution < 1.29 is 14.3 Å². The molecule has 0 aromatic heterocycles. The highest BCUT2D eigenvalue weighted by Crippen LogP contribution is 2.03. The first-order valence-corrected chi connectivity index (χ1v) is 6.71. The maximum absolute atomic E-state index is 12.1. The molecule has 0 heterocycles. The molecule has 0 radical (unpaired) electrons. The van der Waals surface area contributed by atoms with Crippen LogP contribution in [0.3, 0.4) is 0 Å². The van der Waals surface area contributed by atoms with Gasteiger partial charge in [-0.25, -0.2) is 4.99 Å². The largest absolute Gasteiger partial charge is 0.465 e. The number of carbonyl (C=O) groups is 1. The minimum atomic E-state index is -0.215. The number of amides is 1. The SMILES string of the molecule is CCOC(=NCCCOC)NC(=O)c1cccc(C)c1. The second-order valence-corrected chi connectivity index (χ2v) is 4.29. The predicted octanol–water partition coefficient (Wildman–Crippen LogP) is 2.15. The number of methoxy groups -OCH3 is 1. The number of benzene rings is 1. The molecular formula is C15H22N2O3. The summed E-state index contributed by atoms with van der Waals surface area (Å²) in [6.07, 6.45) is 0.785. The van der Waals surface area contributed by atoms with Gasteiger partial charge in [0.25, 0.3) is 11.9 Å². The maximum atomic E-state index is 12.1. The molecule has 0 aliphatic rings. The maximum Gasteiger partial charge on any atom is 0.291 e. The van der Waals surface area contributed by atoms with Crippen molar-refractivity contribution in [1.82, 2.24) is 5.32 Å². The van der Waals surface area contributed by atoms with Crippen molar-refractivity contribution in [2.75, 3.05) is 26.9 Å². The molecule has 1 N–H and O–H groups in total. The summed E-state index contributed by atoms with van der Waals surface area (Å²) >= 11 is 0. The van der Waals surface area contributed by atoms with Gasteiger partial charge in [-0.15, -0.1) is 0 Å². The first-order chi connectivity index (χ1) is 9.67. The molecule has 1 aromatic rings. The number of nitrogens with zero attached hydrogens (tertiary/aromatic N) is 1. The van der Waals surface area contributed by atoms with E-state index in [1.54, 1.807) is 13.2 Å². The minimum Gasteiger partial charge on any atom is -0.465 e. The van der Waals surface area contributed by atoms with Crippen LogP contribution in [0.1, 0.15) is 29.3 Å². The third-order valence-corrected chi connectivity index (χ3v) is 2.54. The predicted molar refractivity (Wildman–Crippen MR) is 79.1 cm³/mol. The highest BCUT2D eigenvalue weighted by atomic mass is 16.5. The van der Waals surface area contributed by atoms with Crippen LogP contribution in [0.5, 0.6) is 0 Å². The second kappa shape index (κ2) is 9.09. The molecule has 110 valence electrons. The molecule has 0 aliphatic carbocycles. The molecule has 1 aromatic carbocycles. The average molecular weight is 278 g/mol. The van der Waals surface area contributed by atoms with Crippen LogP contribution < -0.4 is 5.32 Å². The van der Waals surface area contributed by atoms with E-state index >= 15 is 0 Å². The minimum absolute atomic E-state index is 0.215. The summed E-state index contributed by atoms with van der Waals surface area (Å²) in [5.74, 6) is -0.215. The third-order valence-electron chi connectivity index (χ3n) is 2.54. The Morgan fingerprint density at radius 1 is 1.40 bits per heavy atom. The zero-order chi connectivity index (χ0) is 14.8. The van der Waals surface area contributed by atoms with Gasteiger partial charge in [-0.3, -0.25) is 10.1 Å². The van der Waals surface area contributed by atoms with Crippen LogP contribution in [-0.2, 0) is 9.47 Å². The highest BCUT2D eigenvalue weighted by molar-refractivity contribution is 6.04. The van der Waals surface area contributed by atoms with Gasteiger partial charge in [0, 0.05) is 25.8 Å². The summed E-state index contributed by atoms with van der Waals surface area (Å²) < 4.78 is 10.3. The summed E-state index contributed by atoms with van der Waals surface area (Å²) in [6.45, 7) is 5.44. The first kappa shape index (κ1) is 16.2. The van der Waals surface area contributed by atoms with Crippen molar-refractivity contribution in [3.05, 3.63) is 35.4 Å². The number of nitrogens with one attached hydrogen (secondary N) is 1. The lowest BCUT2D eigenvalue weighted by atomic mass is 10.1. The van der Waals surface area contributed by atoms with Crippen LogP contribution in [0.25, 0.3) is 0 Å². The number of ether oxygens (including phenoxy) is 2. The van der Waals surface area contributed by atoms with Crippen LogP contribution >= 0.6 is 0 Å². The van der Waals surface area contributed by atoms with Gasteiger partial charge in [0.2, 0.25) is 0 Å². The van der Waals surface area contributed by atoms with Gasteiger partial charge in [0.1, 0.15) is 0 Å². The third kappa shape index (κ3) is 5.84. The van der Waals surface area contributed by atoms with Gasteiger partial charge in [-0.05, 0) is 32.4 Å². The Hall–Kier alpha value is -1.88. The monoisotopic (exact) mass is 278 g/mol. The van der Waals surface area contributed by atoms with Crippen molar-refractivity contribution in [3.63, 3.8) is 0 Å². The molecule has 5 heteroatoms. The summed E-state index contributed by atoms with van der Waals surface area (Å²) in [5.41, 5.74) is 1.63. The normalized spacial score (nSPS) is 11.2. The van der Waals surface area contributed by atoms with Crippen molar-refractivity contribution >= 4 is 11.9 Å². The Bertz CT molecular complexity index is 458. The highest BCUT2D eigenvalue weighted by Gasteiger charge is 2.09. The van der Waals surface area contributed by atoms with Crippen LogP contribution in [0.15, 0.2) is 29.3 Å². The van der Waals surface area contributed by atoms with Crippen molar-refractivity contribution in [2.24, 2.45) is 4.99 Å². The van der Waals surface area contributed by atoms with Crippen molar-refractivity contribution in [2.45, 2.75) is 20.3 Å². The Kier molecular flexibility index (Phi) is 7.35. The summed E-state index contributed by atoms with van der Waals surface area (Å²) in [7, 11) is 1.65. The fourth-order valence-corrected chi connectivity index (χ4v) is 1.60. The zero-order valence-electron chi connectivity index (χ0n) is 12.3. The van der Waals surface area contributed by atoms with Gasteiger partial charge in [0.15, 0.2) is 0 Å². The standard InChI is InChI=1S/C15H22N2O3/c1-4-20-15(16-9-6-10-19-3)17-14(18)13-8-5-7-12(2)11-13/h5,7-8,11H,4,6,9-10H2,1-3H3,(H,16,17,18). The Balaban J connectivity index is 2.62. The molecule has 5 nitrogen and oxygen atoms in total. The smallest absolute Gasteiger partial charge is 0.291 e. The van der Waals surface area contributed by atoms with Crippen molar-refractivity contribution in [3.8, 4) is 0 Å². The molecular weight excluding hydrogens is 256 g/mol. The molecule has 1 rings (SSSR count). The van der Waals surface area contributed by atoms with E-state index in [9.17, 15) is 4.79 Å². The molecule has 0 spiro atoms. The molecule has 20 heavy (non-hydrogen) atoms. The van der Waals surface area contributed by atoms with Gasteiger partial charge in [-0.2, -0.15) is 0 Å². The molecule has 0 bridgehead atoms. The van der Waals surface area contributed by atoms with E-state index < -0.39 is 0 Å². The van der Waals surface area contributed by atoms with E-state index in [4.69, 9.17) is 9.47 Å². The fourth-order valence-electron chi connectivity index (χ4n) is 1.60. The number of aliphatic imine (C=N–C) groups is 1. The lowest BCUT2D eigenvalue weighted by Gasteiger charge is -2.09. The van der Waals surface area contributed by atoms with E-state index in [-0.39, 0.29) is 11.9 Å². The Morgan fingerprint density at radius 2 is 2.20 bits per heavy atom. The van der Waals surface area contributed by atoms with E-state index in [1.807, 2.05) is 32.0 Å². The lowest BCUT2D eigenvalue weighted by molar-refractivity contribution is 0.0966. The van der Waals surface area contributed by atoms with Gasteiger partial charge in [-0.1, -0.05) is 17.7 Å². The Morgan fingerprint density at radius 3 is 2.85 bits per heavy atom. The van der Waals surface area contributed by atoms with Crippen LogP contribution in [-0.4, -0.2) is 38.8 Å². The Labute approximate surface area is 120 Å². The van der Waals surface area contributed by atoms with E-state index in [0.717, 1.165) is 12.0 Å². The molecule has 0 unspecified atom stereocenters. The number of aryl methyl sites for hydroxylation is 1. The number of hydrogen-bond donors (Lipinski definition) is 1. The number of hydrogen-bond acceptors (Lipinski definition) is 4. The molecule has 0 fully saturated rings. The zero-order valence-corrected chi connectivity index (χ0v) is 12.3. The summed E-state index contributed by atoms with van der Waals surface area (Å²) in [4.78, 5) is 16.3. The molecule has 1 amide bonds. The molecule has 0 saturated carbocycles. The average Bonchev–Trinajstić information content (AvgIpc) is 2.43. The van der Waals surface area contributed by atoms with E-state index in [0.29, 0.717) is 25.3 Å². The number of carbonyl (C=O) groups excluding carboxylic acids is 1. The van der Waals surface area contributed by atoms with Crippen molar-refractivity contribution in [1.29, 1.82) is 0 Å². The lowest BCUT2D eigenvalue weighted by Crippen LogP contribution is -2.33. The topological polar surface area (TPSA) is 59.9 Å². The molecule has 0 atom stereocenters. The quantitative estimate of drug-likeness (QED) is 0.493. The fraction of sp³-hybridized carbons (Fsp3) is 0.467. The van der Waals surface area contributed by atoms with Crippen LogP contribution in [0.4, 0.5) is 0 Å². The van der Waals surface area contributed by atoms with E-state index in [1.165, 1.54) is 0 Å². The van der Waals surface area contributed by atoms with Gasteiger partial charge >= 0.3 is 0 Å².